The highest BCUT2D eigenvalue weighted by molar-refractivity contribution is 6.31. The zero-order chi connectivity index (χ0) is 5.86. The monoisotopic (exact) mass is 115 g/mol. The first kappa shape index (κ1) is 6.77. The van der Waals surface area contributed by atoms with Gasteiger partial charge in [-0.3, -0.25) is 0 Å². The minimum Gasteiger partial charge on any atom is -0.0847 e. The molecule has 0 heterocycles. The first-order valence-electron chi connectivity index (χ1n) is 2.01. The van der Waals surface area contributed by atoms with Crippen molar-refractivity contribution in [3.05, 3.63) is 30.2 Å². The van der Waals surface area contributed by atoms with Crippen LogP contribution in [0.1, 0.15) is 6.92 Å². The largest absolute Gasteiger partial charge is 0.0847 e. The predicted molar refractivity (Wildman–Crippen MR) is 34.1 cm³/mol. The summed E-state index contributed by atoms with van der Waals surface area (Å²) in [4.78, 5) is 0. The highest BCUT2D eigenvalue weighted by Gasteiger charge is 1.84. The average molecular weight is 116 g/mol. The molecule has 0 aliphatic heterocycles. The highest BCUT2D eigenvalue weighted by Crippen LogP contribution is 2.08. The van der Waals surface area contributed by atoms with E-state index in [9.17, 15) is 0 Å². The first-order valence-corrected chi connectivity index (χ1v) is 2.39. The SMILES string of the molecule is [CH2]C(=CC)C(=C)Cl. The fraction of sp³-hybridized carbons (Fsp3) is 0.167. The van der Waals surface area contributed by atoms with E-state index >= 15 is 0 Å². The fourth-order valence-electron chi connectivity index (χ4n) is 0.157. The first-order chi connectivity index (χ1) is 3.18. The van der Waals surface area contributed by atoms with E-state index in [4.69, 9.17) is 11.6 Å². The summed E-state index contributed by atoms with van der Waals surface area (Å²) in [5.74, 6) is 0. The van der Waals surface area contributed by atoms with E-state index in [1.165, 1.54) is 0 Å². The van der Waals surface area contributed by atoms with Crippen molar-refractivity contribution >= 4 is 11.6 Å². The van der Waals surface area contributed by atoms with E-state index in [0.29, 0.717) is 5.03 Å². The van der Waals surface area contributed by atoms with Crippen molar-refractivity contribution < 1.29 is 0 Å². The molecule has 39 valence electrons. The molecular weight excluding hydrogens is 108 g/mol. The van der Waals surface area contributed by atoms with Gasteiger partial charge < -0.3 is 0 Å². The Morgan fingerprint density at radius 2 is 2.14 bits per heavy atom. The van der Waals surface area contributed by atoms with E-state index in [-0.39, 0.29) is 0 Å². The molecule has 0 N–H and O–H groups in total. The second kappa shape index (κ2) is 2.86. The summed E-state index contributed by atoms with van der Waals surface area (Å²) in [5, 5.41) is 0.516. The van der Waals surface area contributed by atoms with Gasteiger partial charge in [0.15, 0.2) is 0 Å². The second-order valence-electron chi connectivity index (χ2n) is 1.22. The topological polar surface area (TPSA) is 0 Å². The van der Waals surface area contributed by atoms with E-state index in [1.807, 2.05) is 13.0 Å². The molecule has 0 aliphatic rings. The molecule has 0 saturated heterocycles. The third-order valence-electron chi connectivity index (χ3n) is 0.697. The molecule has 0 aromatic rings. The van der Waals surface area contributed by atoms with Gasteiger partial charge >= 0.3 is 0 Å². The Morgan fingerprint density at radius 3 is 2.14 bits per heavy atom. The molecule has 0 rings (SSSR count). The van der Waals surface area contributed by atoms with E-state index in [2.05, 4.69) is 13.5 Å². The summed E-state index contributed by atoms with van der Waals surface area (Å²) in [6.07, 6.45) is 1.81. The number of rotatable bonds is 1. The second-order valence-corrected chi connectivity index (χ2v) is 1.68. The minimum absolute atomic E-state index is 0.516. The van der Waals surface area contributed by atoms with Gasteiger partial charge in [0.05, 0.1) is 0 Å². The summed E-state index contributed by atoms with van der Waals surface area (Å²) in [6.45, 7) is 8.92. The maximum Gasteiger partial charge on any atom is 0.0363 e. The van der Waals surface area contributed by atoms with Crippen molar-refractivity contribution in [1.29, 1.82) is 0 Å². The van der Waals surface area contributed by atoms with Crippen LogP contribution in [-0.4, -0.2) is 0 Å². The summed E-state index contributed by atoms with van der Waals surface area (Å²) >= 11 is 5.40. The Labute approximate surface area is 49.5 Å². The number of hydrogen-bond acceptors (Lipinski definition) is 0. The van der Waals surface area contributed by atoms with Crippen molar-refractivity contribution in [2.45, 2.75) is 6.92 Å². The Bertz CT molecular complexity index is 101. The van der Waals surface area contributed by atoms with Crippen LogP contribution in [0.2, 0.25) is 0 Å². The van der Waals surface area contributed by atoms with Crippen molar-refractivity contribution in [2.24, 2.45) is 0 Å². The lowest BCUT2D eigenvalue weighted by Gasteiger charge is -1.88. The maximum atomic E-state index is 5.40. The van der Waals surface area contributed by atoms with E-state index in [1.54, 1.807) is 0 Å². The van der Waals surface area contributed by atoms with Gasteiger partial charge in [0.25, 0.3) is 0 Å². The van der Waals surface area contributed by atoms with Gasteiger partial charge in [0.2, 0.25) is 0 Å². The molecule has 7 heavy (non-hydrogen) atoms. The molecule has 0 nitrogen and oxygen atoms in total. The third-order valence-corrected chi connectivity index (χ3v) is 0.940. The molecule has 0 atom stereocenters. The van der Waals surface area contributed by atoms with Crippen LogP contribution < -0.4 is 0 Å². The molecule has 0 unspecified atom stereocenters. The molecule has 0 bridgehead atoms. The zero-order valence-electron chi connectivity index (χ0n) is 4.37. The van der Waals surface area contributed by atoms with Crippen molar-refractivity contribution in [1.82, 2.24) is 0 Å². The highest BCUT2D eigenvalue weighted by atomic mass is 35.5. The summed E-state index contributed by atoms with van der Waals surface area (Å²) in [7, 11) is 0. The van der Waals surface area contributed by atoms with Gasteiger partial charge in [-0.2, -0.15) is 0 Å². The molecule has 0 spiro atoms. The van der Waals surface area contributed by atoms with E-state index < -0.39 is 0 Å². The lowest BCUT2D eigenvalue weighted by Crippen LogP contribution is -1.68. The Balaban J connectivity index is 3.82. The summed E-state index contributed by atoms with van der Waals surface area (Å²) in [6, 6.07) is 0. The van der Waals surface area contributed by atoms with Crippen molar-refractivity contribution in [3.63, 3.8) is 0 Å². The maximum absolute atomic E-state index is 5.40. The quantitative estimate of drug-likeness (QED) is 0.461. The van der Waals surface area contributed by atoms with Crippen LogP contribution in [-0.2, 0) is 0 Å². The Morgan fingerprint density at radius 1 is 1.71 bits per heavy atom. The molecule has 0 aromatic carbocycles. The van der Waals surface area contributed by atoms with Gasteiger partial charge in [-0.05, 0) is 19.4 Å². The van der Waals surface area contributed by atoms with Crippen LogP contribution in [0.4, 0.5) is 0 Å². The smallest absolute Gasteiger partial charge is 0.0363 e. The van der Waals surface area contributed by atoms with E-state index in [0.717, 1.165) is 5.57 Å². The van der Waals surface area contributed by atoms with Crippen LogP contribution in [0.5, 0.6) is 0 Å². The van der Waals surface area contributed by atoms with Gasteiger partial charge in [-0.25, -0.2) is 0 Å². The van der Waals surface area contributed by atoms with Gasteiger partial charge in [-0.15, -0.1) is 0 Å². The normalized spacial score (nSPS) is 11.6. The molecule has 1 heteroatoms. The standard InChI is InChI=1S/C6H8Cl/c1-4-5(2)6(3)7/h4H,2-3H2,1H3. The molecule has 0 aromatic heterocycles. The Kier molecular flexibility index (Phi) is 2.77. The summed E-state index contributed by atoms with van der Waals surface area (Å²) < 4.78 is 0. The fourth-order valence-corrected chi connectivity index (χ4v) is 0.266. The molecule has 1 radical (unpaired) electrons. The number of allylic oxidation sites excluding steroid dienone is 3. The third kappa shape index (κ3) is 2.46. The van der Waals surface area contributed by atoms with Crippen LogP contribution in [0, 0.1) is 6.92 Å². The summed E-state index contributed by atoms with van der Waals surface area (Å²) in [5.41, 5.74) is 0.793. The van der Waals surface area contributed by atoms with Crippen LogP contribution in [0.15, 0.2) is 23.3 Å². The van der Waals surface area contributed by atoms with Crippen LogP contribution >= 0.6 is 11.6 Å². The van der Waals surface area contributed by atoms with Crippen LogP contribution in [0.25, 0.3) is 0 Å². The molecule has 0 amide bonds. The van der Waals surface area contributed by atoms with Gasteiger partial charge in [0, 0.05) is 5.03 Å². The Hall–Kier alpha value is -0.230. The van der Waals surface area contributed by atoms with Crippen molar-refractivity contribution in [2.75, 3.05) is 0 Å². The van der Waals surface area contributed by atoms with Gasteiger partial charge in [-0.1, -0.05) is 24.3 Å². The average Bonchev–Trinajstić information content (AvgIpc) is 1.65. The molecule has 0 saturated carbocycles. The lowest BCUT2D eigenvalue weighted by atomic mass is 10.3. The number of hydrogen-bond donors (Lipinski definition) is 0. The minimum atomic E-state index is 0.516. The predicted octanol–water partition coefficient (Wildman–Crippen LogP) is 2.52. The van der Waals surface area contributed by atoms with Gasteiger partial charge in [0.1, 0.15) is 0 Å². The zero-order valence-corrected chi connectivity index (χ0v) is 5.13. The number of halogens is 1. The lowest BCUT2D eigenvalue weighted by molar-refractivity contribution is 1.59. The molecule has 0 fully saturated rings. The molecular formula is C6H8Cl. The molecule has 0 aliphatic carbocycles. The van der Waals surface area contributed by atoms with Crippen LogP contribution in [0.3, 0.4) is 0 Å². The van der Waals surface area contributed by atoms with Crippen molar-refractivity contribution in [3.8, 4) is 0 Å².